The van der Waals surface area contributed by atoms with Crippen LogP contribution in [0.5, 0.6) is 0 Å². The fourth-order valence-electron chi connectivity index (χ4n) is 1.02. The maximum Gasteiger partial charge on any atom is 0.106 e. The summed E-state index contributed by atoms with van der Waals surface area (Å²) in [5.74, 6) is 0. The third kappa shape index (κ3) is 1.20. The fraction of sp³-hybridized carbons (Fsp3) is 1.00. The van der Waals surface area contributed by atoms with Gasteiger partial charge in [0.15, 0.2) is 0 Å². The second kappa shape index (κ2) is 1.71. The van der Waals surface area contributed by atoms with Crippen LogP contribution in [0.25, 0.3) is 0 Å². The summed E-state index contributed by atoms with van der Waals surface area (Å²) in [6.45, 7) is 4.14. The molecular formula is C6H13NO. The molecule has 1 heterocycles. The molecule has 1 fully saturated rings. The van der Waals surface area contributed by atoms with Crippen molar-refractivity contribution in [1.29, 1.82) is 0 Å². The maximum atomic E-state index is 5.49. The van der Waals surface area contributed by atoms with Crippen molar-refractivity contribution in [3.63, 3.8) is 0 Å². The van der Waals surface area contributed by atoms with Crippen LogP contribution in [0.2, 0.25) is 0 Å². The molecule has 0 spiro atoms. The molecule has 0 radical (unpaired) electrons. The second-order valence-electron chi connectivity index (χ2n) is 2.95. The Labute approximate surface area is 50.0 Å². The van der Waals surface area contributed by atoms with E-state index < -0.39 is 0 Å². The molecule has 1 saturated heterocycles. The molecule has 1 unspecified atom stereocenters. The summed E-state index contributed by atoms with van der Waals surface area (Å²) in [6, 6.07) is 0. The van der Waals surface area contributed by atoms with Crippen LogP contribution in [-0.4, -0.2) is 11.8 Å². The van der Waals surface area contributed by atoms with Crippen molar-refractivity contribution in [2.45, 2.75) is 38.5 Å². The van der Waals surface area contributed by atoms with Crippen molar-refractivity contribution in [3.05, 3.63) is 0 Å². The minimum Gasteiger partial charge on any atom is -0.358 e. The van der Waals surface area contributed by atoms with Gasteiger partial charge in [0.1, 0.15) is 6.23 Å². The van der Waals surface area contributed by atoms with Crippen molar-refractivity contribution >= 4 is 0 Å². The van der Waals surface area contributed by atoms with Crippen LogP contribution >= 0.6 is 0 Å². The highest BCUT2D eigenvalue weighted by Gasteiger charge is 2.28. The third-order valence-corrected chi connectivity index (χ3v) is 1.50. The van der Waals surface area contributed by atoms with E-state index in [1.54, 1.807) is 0 Å². The zero-order valence-electron chi connectivity index (χ0n) is 5.48. The predicted molar refractivity (Wildman–Crippen MR) is 32.4 cm³/mol. The van der Waals surface area contributed by atoms with Gasteiger partial charge in [-0.1, -0.05) is 0 Å². The molecule has 0 saturated carbocycles. The lowest BCUT2D eigenvalue weighted by Gasteiger charge is -2.16. The highest BCUT2D eigenvalue weighted by Crippen LogP contribution is 2.26. The van der Waals surface area contributed by atoms with E-state index in [1.165, 1.54) is 0 Å². The second-order valence-corrected chi connectivity index (χ2v) is 2.95. The molecule has 1 aliphatic rings. The number of rotatable bonds is 0. The van der Waals surface area contributed by atoms with Crippen LogP contribution < -0.4 is 5.73 Å². The quantitative estimate of drug-likeness (QED) is 0.508. The molecule has 0 aliphatic carbocycles. The molecule has 2 heteroatoms. The molecule has 2 N–H and O–H groups in total. The van der Waals surface area contributed by atoms with Crippen molar-refractivity contribution in [2.24, 2.45) is 5.73 Å². The van der Waals surface area contributed by atoms with Crippen molar-refractivity contribution in [1.82, 2.24) is 0 Å². The largest absolute Gasteiger partial charge is 0.358 e. The van der Waals surface area contributed by atoms with E-state index in [9.17, 15) is 0 Å². The van der Waals surface area contributed by atoms with Gasteiger partial charge in [-0.05, 0) is 26.7 Å². The van der Waals surface area contributed by atoms with Gasteiger partial charge in [-0.3, -0.25) is 0 Å². The van der Waals surface area contributed by atoms with Gasteiger partial charge in [0.2, 0.25) is 0 Å². The van der Waals surface area contributed by atoms with Crippen molar-refractivity contribution in [2.75, 3.05) is 0 Å². The van der Waals surface area contributed by atoms with Crippen LogP contribution in [0.4, 0.5) is 0 Å². The standard InChI is InChI=1S/C6H13NO/c1-6(2)4-3-5(7)8-6/h5H,3-4,7H2,1-2H3. The molecule has 0 amide bonds. The van der Waals surface area contributed by atoms with E-state index in [0.29, 0.717) is 0 Å². The van der Waals surface area contributed by atoms with Crippen LogP contribution in [0.15, 0.2) is 0 Å². The smallest absolute Gasteiger partial charge is 0.106 e. The summed E-state index contributed by atoms with van der Waals surface area (Å²) in [6.07, 6.45) is 2.09. The Morgan fingerprint density at radius 2 is 2.25 bits per heavy atom. The van der Waals surface area contributed by atoms with E-state index in [-0.39, 0.29) is 11.8 Å². The number of hydrogen-bond donors (Lipinski definition) is 1. The Balaban J connectivity index is 2.44. The first-order valence-electron chi connectivity index (χ1n) is 3.03. The Hall–Kier alpha value is -0.0800. The van der Waals surface area contributed by atoms with Crippen LogP contribution in [0, 0.1) is 0 Å². The SMILES string of the molecule is CC1(C)CCC(N)O1. The van der Waals surface area contributed by atoms with Gasteiger partial charge in [0.05, 0.1) is 5.60 Å². The molecule has 1 atom stereocenters. The molecular weight excluding hydrogens is 102 g/mol. The first-order chi connectivity index (χ1) is 3.60. The van der Waals surface area contributed by atoms with Gasteiger partial charge >= 0.3 is 0 Å². The third-order valence-electron chi connectivity index (χ3n) is 1.50. The average molecular weight is 115 g/mol. The van der Waals surface area contributed by atoms with Crippen molar-refractivity contribution in [3.8, 4) is 0 Å². The fourth-order valence-corrected chi connectivity index (χ4v) is 1.02. The van der Waals surface area contributed by atoms with Gasteiger partial charge < -0.3 is 10.5 Å². The zero-order valence-corrected chi connectivity index (χ0v) is 5.48. The van der Waals surface area contributed by atoms with Crippen molar-refractivity contribution < 1.29 is 4.74 Å². The molecule has 48 valence electrons. The van der Waals surface area contributed by atoms with Gasteiger partial charge in [-0.15, -0.1) is 0 Å². The van der Waals surface area contributed by atoms with E-state index in [4.69, 9.17) is 10.5 Å². The van der Waals surface area contributed by atoms with E-state index in [2.05, 4.69) is 13.8 Å². The summed E-state index contributed by atoms with van der Waals surface area (Å²) in [5, 5.41) is 0. The minimum absolute atomic E-state index is 0.00926. The molecule has 1 rings (SSSR count). The topological polar surface area (TPSA) is 35.2 Å². The predicted octanol–water partition coefficient (Wildman–Crippen LogP) is 0.860. The number of hydrogen-bond acceptors (Lipinski definition) is 2. The lowest BCUT2D eigenvalue weighted by molar-refractivity contribution is -0.0119. The average Bonchev–Trinajstić information content (AvgIpc) is 1.82. The first-order valence-corrected chi connectivity index (χ1v) is 3.03. The van der Waals surface area contributed by atoms with Crippen LogP contribution in [-0.2, 0) is 4.74 Å². The first kappa shape index (κ1) is 6.05. The Morgan fingerprint density at radius 3 is 2.38 bits per heavy atom. The van der Waals surface area contributed by atoms with Gasteiger partial charge in [-0.2, -0.15) is 0 Å². The minimum atomic E-state index is -0.00926. The monoisotopic (exact) mass is 115 g/mol. The van der Waals surface area contributed by atoms with Gasteiger partial charge in [0.25, 0.3) is 0 Å². The van der Waals surface area contributed by atoms with E-state index in [1.807, 2.05) is 0 Å². The molecule has 1 aliphatic heterocycles. The summed E-state index contributed by atoms with van der Waals surface area (Å²) < 4.78 is 5.33. The zero-order chi connectivity index (χ0) is 6.20. The Bertz CT molecular complexity index is 90.5. The number of ether oxygens (including phenoxy) is 1. The summed E-state index contributed by atoms with van der Waals surface area (Å²) in [5.41, 5.74) is 5.53. The highest BCUT2D eigenvalue weighted by molar-refractivity contribution is 4.77. The molecule has 8 heavy (non-hydrogen) atoms. The lowest BCUT2D eigenvalue weighted by Crippen LogP contribution is -2.24. The molecule has 0 aromatic carbocycles. The van der Waals surface area contributed by atoms with E-state index >= 15 is 0 Å². The normalized spacial score (nSPS) is 35.6. The Kier molecular flexibility index (Phi) is 1.29. The molecule has 0 aromatic heterocycles. The maximum absolute atomic E-state index is 5.49. The summed E-state index contributed by atoms with van der Waals surface area (Å²) in [7, 11) is 0. The molecule has 0 aromatic rings. The van der Waals surface area contributed by atoms with E-state index in [0.717, 1.165) is 12.8 Å². The lowest BCUT2D eigenvalue weighted by atomic mass is 10.1. The highest BCUT2D eigenvalue weighted by atomic mass is 16.5. The summed E-state index contributed by atoms with van der Waals surface area (Å²) in [4.78, 5) is 0. The van der Waals surface area contributed by atoms with Gasteiger partial charge in [-0.25, -0.2) is 0 Å². The summed E-state index contributed by atoms with van der Waals surface area (Å²) >= 11 is 0. The van der Waals surface area contributed by atoms with Gasteiger partial charge in [0, 0.05) is 0 Å². The molecule has 0 bridgehead atoms. The Morgan fingerprint density at radius 1 is 1.62 bits per heavy atom. The molecule has 2 nitrogen and oxygen atoms in total. The van der Waals surface area contributed by atoms with Crippen LogP contribution in [0.1, 0.15) is 26.7 Å². The van der Waals surface area contributed by atoms with Crippen LogP contribution in [0.3, 0.4) is 0 Å². The number of nitrogens with two attached hydrogens (primary N) is 1.